The Morgan fingerprint density at radius 2 is 1.89 bits per heavy atom. The molecule has 0 amide bonds. The van der Waals surface area contributed by atoms with Crippen LogP contribution in [-0.2, 0) is 10.2 Å². The molecule has 1 aliphatic carbocycles. The zero-order valence-corrected chi connectivity index (χ0v) is 12.5. The first-order valence-electron chi connectivity index (χ1n) is 6.88. The van der Waals surface area contributed by atoms with Gasteiger partial charge in [0.1, 0.15) is 0 Å². The Morgan fingerprint density at radius 1 is 1.22 bits per heavy atom. The van der Waals surface area contributed by atoms with Gasteiger partial charge < -0.3 is 0 Å². The van der Waals surface area contributed by atoms with Gasteiger partial charge in [-0.3, -0.25) is 0 Å². The van der Waals surface area contributed by atoms with Crippen LogP contribution in [0.15, 0.2) is 0 Å². The molecule has 18 heavy (non-hydrogen) atoms. The molecule has 0 aromatic rings. The molecular formula is C12H23ClN2O2S. The number of halogens is 1. The molecule has 6 heteroatoms. The quantitative estimate of drug-likeness (QED) is 0.806. The lowest BCUT2D eigenvalue weighted by Crippen LogP contribution is -2.46. The van der Waals surface area contributed by atoms with E-state index in [1.54, 1.807) is 4.31 Å². The molecule has 2 fully saturated rings. The van der Waals surface area contributed by atoms with Crippen molar-refractivity contribution in [2.75, 3.05) is 19.6 Å². The summed E-state index contributed by atoms with van der Waals surface area (Å²) in [7, 11) is -3.29. The van der Waals surface area contributed by atoms with Gasteiger partial charge in [-0.15, -0.1) is 11.6 Å². The van der Waals surface area contributed by atoms with Crippen LogP contribution in [0.2, 0.25) is 0 Å². The van der Waals surface area contributed by atoms with E-state index in [4.69, 9.17) is 11.6 Å². The minimum atomic E-state index is -3.29. The molecule has 0 aromatic heterocycles. The van der Waals surface area contributed by atoms with Gasteiger partial charge in [0.15, 0.2) is 0 Å². The summed E-state index contributed by atoms with van der Waals surface area (Å²) >= 11 is 6.16. The third-order valence-electron chi connectivity index (χ3n) is 4.18. The summed E-state index contributed by atoms with van der Waals surface area (Å²) in [6.45, 7) is 3.95. The lowest BCUT2D eigenvalue weighted by Gasteiger charge is -2.30. The lowest BCUT2D eigenvalue weighted by molar-refractivity contribution is 0.284. The largest absolute Gasteiger partial charge is 0.279 e. The van der Waals surface area contributed by atoms with Crippen LogP contribution in [0, 0.1) is 11.8 Å². The van der Waals surface area contributed by atoms with E-state index in [9.17, 15) is 8.42 Å². The van der Waals surface area contributed by atoms with Crippen LogP contribution < -0.4 is 4.72 Å². The summed E-state index contributed by atoms with van der Waals surface area (Å²) in [5, 5.41) is 0.133. The van der Waals surface area contributed by atoms with E-state index in [1.807, 2.05) is 0 Å². The van der Waals surface area contributed by atoms with Crippen LogP contribution in [0.1, 0.15) is 39.0 Å². The van der Waals surface area contributed by atoms with Crippen molar-refractivity contribution < 1.29 is 8.42 Å². The molecule has 2 rings (SSSR count). The van der Waals surface area contributed by atoms with E-state index >= 15 is 0 Å². The summed E-state index contributed by atoms with van der Waals surface area (Å²) in [6, 6.07) is 0. The predicted octanol–water partition coefficient (Wildman–Crippen LogP) is 1.96. The molecule has 1 N–H and O–H groups in total. The second-order valence-corrected chi connectivity index (χ2v) is 7.96. The summed E-state index contributed by atoms with van der Waals surface area (Å²) in [5.74, 6) is 0.934. The van der Waals surface area contributed by atoms with Gasteiger partial charge >= 0.3 is 0 Å². The first-order valence-corrected chi connectivity index (χ1v) is 8.75. The molecule has 106 valence electrons. The molecule has 2 unspecified atom stereocenters. The zero-order chi connectivity index (χ0) is 13.2. The van der Waals surface area contributed by atoms with Gasteiger partial charge in [0.05, 0.1) is 0 Å². The van der Waals surface area contributed by atoms with E-state index in [0.29, 0.717) is 31.5 Å². The lowest BCUT2D eigenvalue weighted by atomic mass is 10.0. The molecule has 1 aliphatic heterocycles. The Kier molecular flexibility index (Phi) is 4.92. The molecule has 0 aromatic carbocycles. The van der Waals surface area contributed by atoms with Gasteiger partial charge in [0.25, 0.3) is 10.2 Å². The van der Waals surface area contributed by atoms with Crippen LogP contribution in [0.25, 0.3) is 0 Å². The molecule has 2 aliphatic rings. The normalized spacial score (nSPS) is 31.9. The van der Waals surface area contributed by atoms with Crippen molar-refractivity contribution >= 4 is 21.8 Å². The number of hydrogen-bond acceptors (Lipinski definition) is 2. The van der Waals surface area contributed by atoms with Crippen molar-refractivity contribution in [3.63, 3.8) is 0 Å². The van der Waals surface area contributed by atoms with E-state index < -0.39 is 10.2 Å². The number of nitrogens with zero attached hydrogens (tertiary/aromatic N) is 1. The number of hydrogen-bond donors (Lipinski definition) is 1. The molecule has 0 bridgehead atoms. The highest BCUT2D eigenvalue weighted by Crippen LogP contribution is 2.29. The van der Waals surface area contributed by atoms with Crippen molar-refractivity contribution in [2.24, 2.45) is 11.8 Å². The fourth-order valence-corrected chi connectivity index (χ4v) is 4.42. The maximum absolute atomic E-state index is 12.1. The van der Waals surface area contributed by atoms with Crippen molar-refractivity contribution in [2.45, 2.75) is 44.4 Å². The molecule has 1 saturated carbocycles. The van der Waals surface area contributed by atoms with Crippen molar-refractivity contribution in [1.82, 2.24) is 9.03 Å². The minimum absolute atomic E-state index is 0.133. The van der Waals surface area contributed by atoms with E-state index in [2.05, 4.69) is 11.6 Å². The Balaban J connectivity index is 1.83. The van der Waals surface area contributed by atoms with Crippen LogP contribution >= 0.6 is 11.6 Å². The molecule has 0 radical (unpaired) electrons. The zero-order valence-electron chi connectivity index (χ0n) is 10.9. The highest BCUT2D eigenvalue weighted by atomic mass is 35.5. The molecule has 0 spiro atoms. The number of alkyl halides is 1. The molecule has 2 atom stereocenters. The van der Waals surface area contributed by atoms with E-state index in [0.717, 1.165) is 32.1 Å². The standard InChI is InChI=1S/C12H23ClN2O2S/c1-10-5-7-15(8-6-10)18(16,17)14-9-11-3-2-4-12(11)13/h10-12,14H,2-9H2,1H3. The molecule has 1 heterocycles. The minimum Gasteiger partial charge on any atom is -0.202 e. The van der Waals surface area contributed by atoms with Crippen LogP contribution in [-0.4, -0.2) is 37.7 Å². The van der Waals surface area contributed by atoms with Gasteiger partial charge in [-0.05, 0) is 37.5 Å². The van der Waals surface area contributed by atoms with Gasteiger partial charge in [0.2, 0.25) is 0 Å². The highest BCUT2D eigenvalue weighted by Gasteiger charge is 2.30. The Morgan fingerprint density at radius 3 is 2.44 bits per heavy atom. The van der Waals surface area contributed by atoms with Crippen molar-refractivity contribution in [3.8, 4) is 0 Å². The average Bonchev–Trinajstić information content (AvgIpc) is 2.73. The first-order chi connectivity index (χ1) is 8.49. The maximum Gasteiger partial charge on any atom is 0.279 e. The van der Waals surface area contributed by atoms with Crippen molar-refractivity contribution in [1.29, 1.82) is 0 Å². The first kappa shape index (κ1) is 14.6. The number of rotatable bonds is 4. The fourth-order valence-electron chi connectivity index (χ4n) is 2.75. The average molecular weight is 295 g/mol. The van der Waals surface area contributed by atoms with Crippen LogP contribution in [0.4, 0.5) is 0 Å². The molecular weight excluding hydrogens is 272 g/mol. The van der Waals surface area contributed by atoms with Gasteiger partial charge in [-0.2, -0.15) is 12.7 Å². The second-order valence-electron chi connectivity index (χ2n) is 5.64. The van der Waals surface area contributed by atoms with E-state index in [1.165, 1.54) is 0 Å². The van der Waals surface area contributed by atoms with Crippen LogP contribution in [0.3, 0.4) is 0 Å². The molecule has 1 saturated heterocycles. The fraction of sp³-hybridized carbons (Fsp3) is 1.00. The predicted molar refractivity (Wildman–Crippen MR) is 73.9 cm³/mol. The van der Waals surface area contributed by atoms with E-state index in [-0.39, 0.29) is 5.38 Å². The smallest absolute Gasteiger partial charge is 0.202 e. The third-order valence-corrected chi connectivity index (χ3v) is 6.33. The summed E-state index contributed by atoms with van der Waals surface area (Å²) in [5.41, 5.74) is 0. The highest BCUT2D eigenvalue weighted by molar-refractivity contribution is 7.87. The van der Waals surface area contributed by atoms with Crippen LogP contribution in [0.5, 0.6) is 0 Å². The second kappa shape index (κ2) is 6.07. The van der Waals surface area contributed by atoms with Gasteiger partial charge in [-0.1, -0.05) is 13.3 Å². The summed E-state index contributed by atoms with van der Waals surface area (Å²) in [4.78, 5) is 0. The summed E-state index contributed by atoms with van der Waals surface area (Å²) < 4.78 is 28.6. The number of nitrogens with one attached hydrogen (secondary N) is 1. The van der Waals surface area contributed by atoms with Gasteiger partial charge in [0, 0.05) is 25.0 Å². The number of piperidine rings is 1. The Hall–Kier alpha value is 0.160. The molecule has 4 nitrogen and oxygen atoms in total. The Bertz CT molecular complexity index is 366. The monoisotopic (exact) mass is 294 g/mol. The summed E-state index contributed by atoms with van der Waals surface area (Å²) in [6.07, 6.45) is 5.08. The van der Waals surface area contributed by atoms with Crippen molar-refractivity contribution in [3.05, 3.63) is 0 Å². The van der Waals surface area contributed by atoms with Gasteiger partial charge in [-0.25, -0.2) is 4.72 Å². The third kappa shape index (κ3) is 3.59. The maximum atomic E-state index is 12.1. The topological polar surface area (TPSA) is 49.4 Å². The SMILES string of the molecule is CC1CCN(S(=O)(=O)NCC2CCCC2Cl)CC1. The Labute approximate surface area is 115 Å².